The lowest BCUT2D eigenvalue weighted by molar-refractivity contribution is 0.389. The first-order valence-corrected chi connectivity index (χ1v) is 5.03. The molecule has 0 aliphatic carbocycles. The minimum atomic E-state index is 1.06. The Balaban J connectivity index is 2.35. The molecule has 0 aromatic carbocycles. The molecule has 0 atom stereocenters. The van der Waals surface area contributed by atoms with E-state index in [1.807, 2.05) is 0 Å². The van der Waals surface area contributed by atoms with Crippen molar-refractivity contribution in [2.24, 2.45) is 0 Å². The van der Waals surface area contributed by atoms with E-state index in [1.165, 1.54) is 25.1 Å². The van der Waals surface area contributed by atoms with E-state index in [9.17, 15) is 0 Å². The molecule has 2 nitrogen and oxygen atoms in total. The lowest BCUT2D eigenvalue weighted by Crippen LogP contribution is -2.23. The molecule has 1 aliphatic rings. The number of hydrogen-bond donors (Lipinski definition) is 0. The van der Waals surface area contributed by atoms with Crippen LogP contribution in [-0.4, -0.2) is 37.0 Å². The molecule has 0 saturated carbocycles. The minimum Gasteiger partial charge on any atom is -0.378 e. The fourth-order valence-corrected chi connectivity index (χ4v) is 1.38. The van der Waals surface area contributed by atoms with E-state index in [4.69, 9.17) is 0 Å². The highest BCUT2D eigenvalue weighted by Crippen LogP contribution is 2.09. The van der Waals surface area contributed by atoms with Crippen LogP contribution in [0.5, 0.6) is 0 Å². The zero-order chi connectivity index (χ0) is 9.68. The second kappa shape index (κ2) is 4.95. The summed E-state index contributed by atoms with van der Waals surface area (Å²) >= 11 is 0. The molecule has 2 heteroatoms. The van der Waals surface area contributed by atoms with E-state index < -0.39 is 0 Å². The standard InChI is InChI=1S/C11H20N2/c1-4-5-8-13-9-6-11(7-10-13)12(2)3/h6-7,9H,4-5,8,10H2,1-3H3. The van der Waals surface area contributed by atoms with E-state index in [1.54, 1.807) is 0 Å². The summed E-state index contributed by atoms with van der Waals surface area (Å²) in [6.45, 7) is 4.48. The van der Waals surface area contributed by atoms with E-state index in [-0.39, 0.29) is 0 Å². The number of nitrogens with zero attached hydrogens (tertiary/aromatic N) is 2. The largest absolute Gasteiger partial charge is 0.378 e. The van der Waals surface area contributed by atoms with Crippen molar-refractivity contribution in [1.82, 2.24) is 9.80 Å². The van der Waals surface area contributed by atoms with Crippen molar-refractivity contribution in [2.45, 2.75) is 19.8 Å². The summed E-state index contributed by atoms with van der Waals surface area (Å²) in [6.07, 6.45) is 9.21. The van der Waals surface area contributed by atoms with Gasteiger partial charge >= 0.3 is 0 Å². The monoisotopic (exact) mass is 180 g/mol. The van der Waals surface area contributed by atoms with Gasteiger partial charge in [0.25, 0.3) is 0 Å². The van der Waals surface area contributed by atoms with Crippen LogP contribution in [0.15, 0.2) is 24.0 Å². The van der Waals surface area contributed by atoms with Crippen molar-refractivity contribution < 1.29 is 0 Å². The lowest BCUT2D eigenvalue weighted by Gasteiger charge is -2.25. The Kier molecular flexibility index (Phi) is 3.87. The van der Waals surface area contributed by atoms with Crippen LogP contribution >= 0.6 is 0 Å². The van der Waals surface area contributed by atoms with Crippen LogP contribution in [0.3, 0.4) is 0 Å². The predicted molar refractivity (Wildman–Crippen MR) is 57.4 cm³/mol. The molecule has 1 rings (SSSR count). The van der Waals surface area contributed by atoms with Gasteiger partial charge in [-0.25, -0.2) is 0 Å². The van der Waals surface area contributed by atoms with E-state index >= 15 is 0 Å². The molecule has 1 aliphatic heterocycles. The normalized spacial score (nSPS) is 15.9. The van der Waals surface area contributed by atoms with Gasteiger partial charge in [-0.05, 0) is 18.6 Å². The van der Waals surface area contributed by atoms with Gasteiger partial charge in [0.1, 0.15) is 0 Å². The maximum atomic E-state index is 2.36. The maximum Gasteiger partial charge on any atom is 0.0376 e. The van der Waals surface area contributed by atoms with Gasteiger partial charge in [-0.3, -0.25) is 0 Å². The number of rotatable bonds is 4. The first-order chi connectivity index (χ1) is 6.24. The van der Waals surface area contributed by atoms with Crippen molar-refractivity contribution in [3.63, 3.8) is 0 Å². The Morgan fingerprint density at radius 3 is 2.69 bits per heavy atom. The van der Waals surface area contributed by atoms with Crippen LogP contribution in [0.25, 0.3) is 0 Å². The van der Waals surface area contributed by atoms with Gasteiger partial charge in [-0.1, -0.05) is 13.3 Å². The second-order valence-electron chi connectivity index (χ2n) is 3.69. The third-order valence-electron chi connectivity index (χ3n) is 2.31. The summed E-state index contributed by atoms with van der Waals surface area (Å²) in [5.41, 5.74) is 1.31. The summed E-state index contributed by atoms with van der Waals surface area (Å²) in [6, 6.07) is 0. The summed E-state index contributed by atoms with van der Waals surface area (Å²) in [7, 11) is 4.16. The highest BCUT2D eigenvalue weighted by molar-refractivity contribution is 5.20. The number of likely N-dealkylation sites (N-methyl/N-ethyl adjacent to an activating group) is 1. The summed E-state index contributed by atoms with van der Waals surface area (Å²) in [5, 5.41) is 0. The molecule has 0 aromatic rings. The lowest BCUT2D eigenvalue weighted by atomic mass is 10.2. The topological polar surface area (TPSA) is 6.48 Å². The van der Waals surface area contributed by atoms with Gasteiger partial charge in [0.15, 0.2) is 0 Å². The van der Waals surface area contributed by atoms with Crippen LogP contribution in [0.2, 0.25) is 0 Å². The Hall–Kier alpha value is -0.920. The SMILES string of the molecule is CCCCN1C=CC(N(C)C)=CC1. The van der Waals surface area contributed by atoms with E-state index in [2.05, 4.69) is 49.2 Å². The molecule has 0 unspecified atom stereocenters. The third kappa shape index (κ3) is 3.13. The molecule has 13 heavy (non-hydrogen) atoms. The predicted octanol–water partition coefficient (Wildman–Crippen LogP) is 2.06. The van der Waals surface area contributed by atoms with Crippen molar-refractivity contribution in [3.8, 4) is 0 Å². The first-order valence-electron chi connectivity index (χ1n) is 5.03. The zero-order valence-electron chi connectivity index (χ0n) is 8.95. The Labute approximate surface area is 81.5 Å². The van der Waals surface area contributed by atoms with Gasteiger partial charge < -0.3 is 9.80 Å². The van der Waals surface area contributed by atoms with Crippen LogP contribution in [-0.2, 0) is 0 Å². The van der Waals surface area contributed by atoms with Gasteiger partial charge in [0, 0.05) is 39.1 Å². The maximum absolute atomic E-state index is 2.36. The molecule has 0 radical (unpaired) electrons. The van der Waals surface area contributed by atoms with Crippen LogP contribution in [0, 0.1) is 0 Å². The quantitative estimate of drug-likeness (QED) is 0.653. The molecule has 0 fully saturated rings. The van der Waals surface area contributed by atoms with E-state index in [0.717, 1.165) is 6.54 Å². The van der Waals surface area contributed by atoms with Gasteiger partial charge in [-0.2, -0.15) is 0 Å². The van der Waals surface area contributed by atoms with Crippen LogP contribution in [0.4, 0.5) is 0 Å². The highest BCUT2D eigenvalue weighted by Gasteiger charge is 2.04. The Morgan fingerprint density at radius 2 is 2.23 bits per heavy atom. The van der Waals surface area contributed by atoms with Crippen LogP contribution in [0.1, 0.15) is 19.8 Å². The highest BCUT2D eigenvalue weighted by atomic mass is 15.1. The minimum absolute atomic E-state index is 1.06. The molecule has 0 aromatic heterocycles. The molecule has 0 N–H and O–H groups in total. The summed E-state index contributed by atoms with van der Waals surface area (Å²) in [4.78, 5) is 4.50. The van der Waals surface area contributed by atoms with Gasteiger partial charge in [0.05, 0.1) is 0 Å². The summed E-state index contributed by atoms with van der Waals surface area (Å²) in [5.74, 6) is 0. The molecule has 0 amide bonds. The molecule has 1 heterocycles. The number of allylic oxidation sites excluding steroid dienone is 1. The second-order valence-corrected chi connectivity index (χ2v) is 3.69. The fraction of sp³-hybridized carbons (Fsp3) is 0.636. The van der Waals surface area contributed by atoms with Gasteiger partial charge in [-0.15, -0.1) is 0 Å². The molecular formula is C11H20N2. The number of hydrogen-bond acceptors (Lipinski definition) is 2. The van der Waals surface area contributed by atoms with Crippen molar-refractivity contribution in [1.29, 1.82) is 0 Å². The fourth-order valence-electron chi connectivity index (χ4n) is 1.38. The average Bonchev–Trinajstić information content (AvgIpc) is 2.15. The molecule has 0 spiro atoms. The molecule has 0 saturated heterocycles. The van der Waals surface area contributed by atoms with E-state index in [0.29, 0.717) is 0 Å². The Morgan fingerprint density at radius 1 is 1.46 bits per heavy atom. The van der Waals surface area contributed by atoms with Gasteiger partial charge in [0.2, 0.25) is 0 Å². The summed E-state index contributed by atoms with van der Waals surface area (Å²) < 4.78 is 0. The smallest absolute Gasteiger partial charge is 0.0376 e. The third-order valence-corrected chi connectivity index (χ3v) is 2.31. The zero-order valence-corrected chi connectivity index (χ0v) is 8.95. The van der Waals surface area contributed by atoms with Crippen molar-refractivity contribution >= 4 is 0 Å². The molecular weight excluding hydrogens is 160 g/mol. The number of unbranched alkanes of at least 4 members (excludes halogenated alkanes) is 1. The first kappa shape index (κ1) is 10.2. The Bertz CT molecular complexity index is 204. The van der Waals surface area contributed by atoms with Crippen molar-refractivity contribution in [3.05, 3.63) is 24.0 Å². The molecule has 74 valence electrons. The van der Waals surface area contributed by atoms with Crippen LogP contribution < -0.4 is 0 Å². The van der Waals surface area contributed by atoms with Crippen molar-refractivity contribution in [2.75, 3.05) is 27.2 Å². The molecule has 0 bridgehead atoms. The average molecular weight is 180 g/mol.